The highest BCUT2D eigenvalue weighted by molar-refractivity contribution is 5.89. The third-order valence-electron chi connectivity index (χ3n) is 2.89. The zero-order valence-corrected chi connectivity index (χ0v) is 13.1. The Morgan fingerprint density at radius 1 is 1.26 bits per heavy atom. The minimum atomic E-state index is -1.13. The van der Waals surface area contributed by atoms with Gasteiger partial charge in [0.2, 0.25) is 0 Å². The second-order valence-electron chi connectivity index (χ2n) is 5.00. The van der Waals surface area contributed by atoms with E-state index in [0.29, 0.717) is 5.69 Å². The molecular weight excluding hydrogens is 305 g/mol. The summed E-state index contributed by atoms with van der Waals surface area (Å²) in [4.78, 5) is 24.3. The van der Waals surface area contributed by atoms with E-state index in [-0.39, 0.29) is 24.4 Å². The molecule has 0 spiro atoms. The van der Waals surface area contributed by atoms with Crippen LogP contribution in [0.3, 0.4) is 0 Å². The Hall–Kier alpha value is -2.41. The van der Waals surface area contributed by atoms with Crippen LogP contribution in [0.25, 0.3) is 0 Å². The summed E-state index contributed by atoms with van der Waals surface area (Å²) in [6.07, 6.45) is -1.13. The number of anilines is 1. The summed E-state index contributed by atoms with van der Waals surface area (Å²) in [5.41, 5.74) is 1.11. The van der Waals surface area contributed by atoms with E-state index in [4.69, 9.17) is 9.47 Å². The quantitative estimate of drug-likeness (QED) is 0.445. The maximum absolute atomic E-state index is 12.5. The lowest BCUT2D eigenvalue weighted by Crippen LogP contribution is -2.25. The highest BCUT2D eigenvalue weighted by Crippen LogP contribution is 2.14. The van der Waals surface area contributed by atoms with Gasteiger partial charge in [0, 0.05) is 18.3 Å². The molecule has 23 heavy (non-hydrogen) atoms. The van der Waals surface area contributed by atoms with Crippen LogP contribution >= 0.6 is 0 Å². The fourth-order valence-corrected chi connectivity index (χ4v) is 1.52. The number of halogens is 1. The molecule has 0 radical (unpaired) electrons. The van der Waals surface area contributed by atoms with Crippen LogP contribution in [0, 0.1) is 0 Å². The van der Waals surface area contributed by atoms with Gasteiger partial charge in [0.05, 0.1) is 5.56 Å². The Morgan fingerprint density at radius 3 is 2.35 bits per heavy atom. The standard InChI is InChI=1S/C16H20FNO5/c1-11(2)15(20)22-8-14(19)9-23-16(21)12-4-6-13(7-5-12)18(3)10-17/h4-7,14,19H,1,8-10H2,2-3H3. The summed E-state index contributed by atoms with van der Waals surface area (Å²) in [5, 5.41) is 9.59. The van der Waals surface area contributed by atoms with Crippen LogP contribution < -0.4 is 4.90 Å². The minimum Gasteiger partial charge on any atom is -0.459 e. The Labute approximate surface area is 134 Å². The van der Waals surface area contributed by atoms with E-state index in [9.17, 15) is 19.1 Å². The number of esters is 2. The van der Waals surface area contributed by atoms with Crippen LogP contribution in [0.2, 0.25) is 0 Å². The summed E-state index contributed by atoms with van der Waals surface area (Å²) in [6, 6.07) is 6.16. The van der Waals surface area contributed by atoms with Crippen LogP contribution in [0.4, 0.5) is 10.1 Å². The predicted molar refractivity (Wildman–Crippen MR) is 82.9 cm³/mol. The van der Waals surface area contributed by atoms with Crippen molar-refractivity contribution in [3.05, 3.63) is 42.0 Å². The lowest BCUT2D eigenvalue weighted by Gasteiger charge is -2.15. The number of hydrogen-bond donors (Lipinski definition) is 1. The summed E-state index contributed by atoms with van der Waals surface area (Å²) in [5.74, 6) is -1.26. The van der Waals surface area contributed by atoms with Crippen molar-refractivity contribution >= 4 is 17.6 Å². The first-order chi connectivity index (χ1) is 10.8. The van der Waals surface area contributed by atoms with Crippen LogP contribution in [0.15, 0.2) is 36.4 Å². The highest BCUT2D eigenvalue weighted by atomic mass is 19.1. The molecule has 0 heterocycles. The van der Waals surface area contributed by atoms with E-state index in [0.717, 1.165) is 0 Å². The first-order valence-corrected chi connectivity index (χ1v) is 6.90. The molecular formula is C16H20FNO5. The predicted octanol–water partition coefficient (Wildman–Crippen LogP) is 1.69. The van der Waals surface area contributed by atoms with Gasteiger partial charge in [-0.05, 0) is 31.2 Å². The smallest absolute Gasteiger partial charge is 0.338 e. The fourth-order valence-electron chi connectivity index (χ4n) is 1.52. The lowest BCUT2D eigenvalue weighted by atomic mass is 10.2. The molecule has 0 aliphatic carbocycles. The third-order valence-corrected chi connectivity index (χ3v) is 2.89. The zero-order valence-electron chi connectivity index (χ0n) is 13.1. The SMILES string of the molecule is C=C(C)C(=O)OCC(O)COC(=O)c1ccc(N(C)CF)cc1. The molecule has 0 fully saturated rings. The molecule has 1 rings (SSSR count). The number of aliphatic hydroxyl groups is 1. The summed E-state index contributed by atoms with van der Waals surface area (Å²) < 4.78 is 22.1. The Kier molecular flexibility index (Phi) is 7.21. The summed E-state index contributed by atoms with van der Waals surface area (Å²) in [6.45, 7) is 3.65. The normalized spacial score (nSPS) is 11.5. The number of carbonyl (C=O) groups excluding carboxylic acids is 2. The molecule has 1 N–H and O–H groups in total. The molecule has 7 heteroatoms. The molecule has 6 nitrogen and oxygen atoms in total. The van der Waals surface area contributed by atoms with Crippen LogP contribution in [-0.2, 0) is 14.3 Å². The molecule has 1 aromatic rings. The van der Waals surface area contributed by atoms with Crippen LogP contribution in [0.5, 0.6) is 0 Å². The van der Waals surface area contributed by atoms with E-state index in [1.54, 1.807) is 19.2 Å². The average molecular weight is 325 g/mol. The van der Waals surface area contributed by atoms with E-state index < -0.39 is 24.8 Å². The zero-order chi connectivity index (χ0) is 17.4. The van der Waals surface area contributed by atoms with Crippen molar-refractivity contribution in [1.82, 2.24) is 0 Å². The number of rotatable bonds is 8. The van der Waals surface area contributed by atoms with Gasteiger partial charge >= 0.3 is 11.9 Å². The van der Waals surface area contributed by atoms with Crippen molar-refractivity contribution in [3.63, 3.8) is 0 Å². The Balaban J connectivity index is 2.44. The van der Waals surface area contributed by atoms with Crippen molar-refractivity contribution < 1.29 is 28.6 Å². The van der Waals surface area contributed by atoms with Gasteiger partial charge < -0.3 is 19.5 Å². The molecule has 0 aliphatic rings. The number of ether oxygens (including phenoxy) is 2. The molecule has 126 valence electrons. The second-order valence-corrected chi connectivity index (χ2v) is 5.00. The minimum absolute atomic E-state index is 0.215. The number of alkyl halides is 1. The van der Waals surface area contributed by atoms with Crippen molar-refractivity contribution in [1.29, 1.82) is 0 Å². The highest BCUT2D eigenvalue weighted by Gasteiger charge is 2.13. The maximum Gasteiger partial charge on any atom is 0.338 e. The molecule has 1 atom stereocenters. The maximum atomic E-state index is 12.5. The van der Waals surface area contributed by atoms with Crippen LogP contribution in [0.1, 0.15) is 17.3 Å². The summed E-state index contributed by atoms with van der Waals surface area (Å²) in [7, 11) is 1.58. The van der Waals surface area contributed by atoms with Gasteiger partial charge in [0.15, 0.2) is 6.80 Å². The number of benzene rings is 1. The molecule has 0 amide bonds. The largest absolute Gasteiger partial charge is 0.459 e. The molecule has 1 aromatic carbocycles. The second kappa shape index (κ2) is 8.89. The van der Waals surface area contributed by atoms with Crippen molar-refractivity contribution in [2.75, 3.05) is 32.0 Å². The molecule has 0 saturated heterocycles. The first kappa shape index (κ1) is 18.6. The number of nitrogens with zero attached hydrogens (tertiary/aromatic N) is 1. The van der Waals surface area contributed by atoms with Gasteiger partial charge in [-0.2, -0.15) is 0 Å². The number of hydrogen-bond acceptors (Lipinski definition) is 6. The van der Waals surface area contributed by atoms with Gasteiger partial charge in [0.25, 0.3) is 0 Å². The van der Waals surface area contributed by atoms with Crippen LogP contribution in [-0.4, -0.2) is 50.2 Å². The molecule has 0 aliphatic heterocycles. The van der Waals surface area contributed by atoms with E-state index in [1.165, 1.54) is 24.0 Å². The van der Waals surface area contributed by atoms with E-state index >= 15 is 0 Å². The summed E-state index contributed by atoms with van der Waals surface area (Å²) >= 11 is 0. The number of carbonyl (C=O) groups is 2. The number of aliphatic hydroxyl groups excluding tert-OH is 1. The van der Waals surface area contributed by atoms with Gasteiger partial charge in [-0.1, -0.05) is 6.58 Å². The van der Waals surface area contributed by atoms with Gasteiger partial charge in [-0.3, -0.25) is 0 Å². The van der Waals surface area contributed by atoms with E-state index in [1.807, 2.05) is 0 Å². The van der Waals surface area contributed by atoms with Crippen molar-refractivity contribution in [2.45, 2.75) is 13.0 Å². The third kappa shape index (κ3) is 6.07. The molecule has 0 aromatic heterocycles. The lowest BCUT2D eigenvalue weighted by molar-refractivity contribution is -0.142. The van der Waals surface area contributed by atoms with Crippen molar-refractivity contribution in [2.24, 2.45) is 0 Å². The molecule has 1 unspecified atom stereocenters. The van der Waals surface area contributed by atoms with Gasteiger partial charge in [0.1, 0.15) is 19.3 Å². The monoisotopic (exact) mass is 325 g/mol. The van der Waals surface area contributed by atoms with Crippen molar-refractivity contribution in [3.8, 4) is 0 Å². The van der Waals surface area contributed by atoms with Gasteiger partial charge in [-0.15, -0.1) is 0 Å². The first-order valence-electron chi connectivity index (χ1n) is 6.90. The fraction of sp³-hybridized carbons (Fsp3) is 0.375. The molecule has 0 saturated carbocycles. The molecule has 0 bridgehead atoms. The van der Waals surface area contributed by atoms with E-state index in [2.05, 4.69) is 6.58 Å². The Morgan fingerprint density at radius 2 is 1.83 bits per heavy atom. The van der Waals surface area contributed by atoms with Gasteiger partial charge in [-0.25, -0.2) is 14.0 Å². The Bertz CT molecular complexity index is 558. The average Bonchev–Trinajstić information content (AvgIpc) is 2.56. The topological polar surface area (TPSA) is 76.1 Å².